The smallest absolute Gasteiger partial charge is 0.770 e. The van der Waals surface area contributed by atoms with E-state index in [0.29, 0.717) is 6.42 Å². The van der Waals surface area contributed by atoms with E-state index in [4.69, 9.17) is 4.52 Å². The van der Waals surface area contributed by atoms with Crippen LogP contribution in [0.4, 0.5) is 0 Å². The zero-order valence-corrected chi connectivity index (χ0v) is 15.4. The molecular weight excluding hydrogens is 314 g/mol. The molecule has 0 bridgehead atoms. The van der Waals surface area contributed by atoms with Crippen LogP contribution in [-0.2, 0) is 9.09 Å². The van der Waals surface area contributed by atoms with Crippen LogP contribution in [-0.4, -0.2) is 0 Å². The first-order chi connectivity index (χ1) is 9.64. The molecule has 1 saturated heterocycles. The molecule has 0 aromatic heterocycles. The minimum absolute atomic E-state index is 0. The summed E-state index contributed by atoms with van der Waals surface area (Å²) in [5, 5.41) is -0.0847. The van der Waals surface area contributed by atoms with Gasteiger partial charge in [-0.3, -0.25) is 4.57 Å². The first kappa shape index (κ1) is 17.3. The SMILES string of the molecule is O=P1([O-])O[C@@H](c2ccccc2)C[C@@H](c2ccccc2)S1.[Na+]. The molecule has 0 radical (unpaired) electrons. The van der Waals surface area contributed by atoms with Gasteiger partial charge in [0.05, 0.1) is 6.10 Å². The van der Waals surface area contributed by atoms with E-state index >= 15 is 0 Å². The molecule has 0 spiro atoms. The summed E-state index contributed by atoms with van der Waals surface area (Å²) in [6.07, 6.45) is 0.260. The number of rotatable bonds is 2. The summed E-state index contributed by atoms with van der Waals surface area (Å²) >= 11 is 0.918. The molecule has 104 valence electrons. The van der Waals surface area contributed by atoms with Crippen molar-refractivity contribution in [3.63, 3.8) is 0 Å². The van der Waals surface area contributed by atoms with Gasteiger partial charge in [0.15, 0.2) is 6.80 Å². The third kappa shape index (κ3) is 4.46. The molecule has 0 saturated carbocycles. The van der Waals surface area contributed by atoms with E-state index in [1.807, 2.05) is 60.7 Å². The average molecular weight is 328 g/mol. The quantitative estimate of drug-likeness (QED) is 0.612. The van der Waals surface area contributed by atoms with Crippen LogP contribution in [0.5, 0.6) is 0 Å². The van der Waals surface area contributed by atoms with E-state index in [-0.39, 0.29) is 34.8 Å². The molecule has 21 heavy (non-hydrogen) atoms. The molecule has 2 aromatic carbocycles. The Morgan fingerprint density at radius 2 is 1.52 bits per heavy atom. The molecule has 3 rings (SSSR count). The second kappa shape index (κ2) is 7.47. The van der Waals surface area contributed by atoms with Crippen LogP contribution in [0, 0.1) is 0 Å². The van der Waals surface area contributed by atoms with Crippen molar-refractivity contribution in [2.45, 2.75) is 17.8 Å². The van der Waals surface area contributed by atoms with E-state index in [0.717, 1.165) is 22.5 Å². The van der Waals surface area contributed by atoms with Crippen molar-refractivity contribution in [1.29, 1.82) is 0 Å². The molecule has 6 heteroatoms. The summed E-state index contributed by atoms with van der Waals surface area (Å²) < 4.78 is 17.3. The first-order valence-electron chi connectivity index (χ1n) is 6.42. The van der Waals surface area contributed by atoms with Gasteiger partial charge in [-0.05, 0) is 17.5 Å². The topological polar surface area (TPSA) is 49.4 Å². The molecule has 3 nitrogen and oxygen atoms in total. The summed E-state index contributed by atoms with van der Waals surface area (Å²) in [4.78, 5) is 12.0. The minimum atomic E-state index is -3.86. The Balaban J connectivity index is 0.00000161. The van der Waals surface area contributed by atoms with Crippen LogP contribution < -0.4 is 34.5 Å². The van der Waals surface area contributed by atoms with Gasteiger partial charge in [0.25, 0.3) is 0 Å². The maximum absolute atomic E-state index is 12.0. The van der Waals surface area contributed by atoms with E-state index in [9.17, 15) is 9.46 Å². The van der Waals surface area contributed by atoms with Crippen LogP contribution in [0.1, 0.15) is 28.9 Å². The molecule has 3 atom stereocenters. The Morgan fingerprint density at radius 3 is 2.10 bits per heavy atom. The van der Waals surface area contributed by atoms with Gasteiger partial charge in [-0.15, -0.1) is 0 Å². The van der Waals surface area contributed by atoms with Gasteiger partial charge in [-0.2, -0.15) is 0 Å². The molecule has 1 unspecified atom stereocenters. The Kier molecular flexibility index (Phi) is 6.15. The van der Waals surface area contributed by atoms with Gasteiger partial charge in [0.2, 0.25) is 0 Å². The normalized spacial score (nSPS) is 28.6. The van der Waals surface area contributed by atoms with Gasteiger partial charge in [-0.25, -0.2) is 0 Å². The number of hydrogen-bond donors (Lipinski definition) is 0. The zero-order valence-electron chi connectivity index (χ0n) is 11.7. The van der Waals surface area contributed by atoms with Crippen molar-refractivity contribution in [3.8, 4) is 0 Å². The fraction of sp³-hybridized carbons (Fsp3) is 0.200. The van der Waals surface area contributed by atoms with Gasteiger partial charge < -0.3 is 9.42 Å². The summed E-state index contributed by atoms with van der Waals surface area (Å²) in [5.74, 6) is 0. The van der Waals surface area contributed by atoms with Crippen molar-refractivity contribution >= 4 is 18.2 Å². The summed E-state index contributed by atoms with van der Waals surface area (Å²) in [6, 6.07) is 19.2. The second-order valence-corrected chi connectivity index (χ2v) is 8.55. The summed E-state index contributed by atoms with van der Waals surface area (Å²) in [6.45, 7) is -3.86. The van der Waals surface area contributed by atoms with E-state index in [2.05, 4.69) is 0 Å². The second-order valence-electron chi connectivity index (χ2n) is 4.69. The third-order valence-electron chi connectivity index (χ3n) is 3.28. The monoisotopic (exact) mass is 328 g/mol. The maximum Gasteiger partial charge on any atom is 1.00 e. The van der Waals surface area contributed by atoms with Crippen LogP contribution in [0.25, 0.3) is 0 Å². The molecule has 1 heterocycles. The number of benzene rings is 2. The molecule has 1 aliphatic heterocycles. The van der Waals surface area contributed by atoms with Gasteiger partial charge in [-0.1, -0.05) is 72.0 Å². The first-order valence-corrected chi connectivity index (χ1v) is 9.44. The predicted molar refractivity (Wildman–Crippen MR) is 79.3 cm³/mol. The fourth-order valence-corrected chi connectivity index (χ4v) is 5.79. The molecule has 0 amide bonds. The molecule has 0 aliphatic carbocycles. The van der Waals surface area contributed by atoms with E-state index in [1.54, 1.807) is 0 Å². The summed E-state index contributed by atoms with van der Waals surface area (Å²) in [5.41, 5.74) is 1.93. The van der Waals surface area contributed by atoms with Crippen molar-refractivity contribution in [2.24, 2.45) is 0 Å². The van der Waals surface area contributed by atoms with Crippen molar-refractivity contribution in [2.75, 3.05) is 0 Å². The Bertz CT molecular complexity index is 572. The van der Waals surface area contributed by atoms with Crippen molar-refractivity contribution in [3.05, 3.63) is 71.8 Å². The van der Waals surface area contributed by atoms with Gasteiger partial charge in [0, 0.05) is 5.25 Å². The average Bonchev–Trinajstić information content (AvgIpc) is 2.47. The predicted octanol–water partition coefficient (Wildman–Crippen LogP) is 1.09. The van der Waals surface area contributed by atoms with Crippen molar-refractivity contribution < 1.29 is 43.5 Å². The molecular formula is C15H14NaO3PS. The third-order valence-corrected chi connectivity index (χ3v) is 6.57. The zero-order chi connectivity index (χ0) is 14.0. The van der Waals surface area contributed by atoms with Gasteiger partial charge in [0.1, 0.15) is 0 Å². The standard InChI is InChI=1S/C15H15O3PS.Na/c16-19(17)18-14(12-7-3-1-4-8-12)11-15(20-19)13-9-5-2-6-10-13;/h1-10,14-15H,11H2,(H,16,17);/q;+1/p-1/t14-,15+;/m1./s1. The number of hydrogen-bond acceptors (Lipinski definition) is 4. The van der Waals surface area contributed by atoms with Crippen LogP contribution >= 0.6 is 18.2 Å². The molecule has 1 aliphatic rings. The van der Waals surface area contributed by atoms with Crippen LogP contribution in [0.15, 0.2) is 60.7 Å². The largest absolute Gasteiger partial charge is 1.00 e. The van der Waals surface area contributed by atoms with Crippen LogP contribution in [0.3, 0.4) is 0 Å². The Hall–Kier alpha value is -0.0600. The molecule has 2 aromatic rings. The molecule has 1 fully saturated rings. The van der Waals surface area contributed by atoms with E-state index < -0.39 is 12.9 Å². The fourth-order valence-electron chi connectivity index (χ4n) is 2.35. The van der Waals surface area contributed by atoms with Crippen LogP contribution in [0.2, 0.25) is 0 Å². The minimum Gasteiger partial charge on any atom is -0.770 e. The Morgan fingerprint density at radius 1 is 1.00 bits per heavy atom. The Labute approximate surface area is 150 Å². The summed E-state index contributed by atoms with van der Waals surface area (Å²) in [7, 11) is 0. The van der Waals surface area contributed by atoms with Gasteiger partial charge >= 0.3 is 29.6 Å². The maximum atomic E-state index is 12.0. The van der Waals surface area contributed by atoms with E-state index in [1.165, 1.54) is 0 Å². The molecule has 0 N–H and O–H groups in total. The van der Waals surface area contributed by atoms with Crippen molar-refractivity contribution in [1.82, 2.24) is 0 Å².